The number of hydrogen-bond acceptors (Lipinski definition) is 6. The molecule has 1 saturated heterocycles. The Hall–Kier alpha value is -3.20. The van der Waals surface area contributed by atoms with Crippen LogP contribution in [0.3, 0.4) is 0 Å². The highest BCUT2D eigenvalue weighted by atomic mass is 35.5. The summed E-state index contributed by atoms with van der Waals surface area (Å²) in [6.45, 7) is 3.72. The van der Waals surface area contributed by atoms with Crippen molar-refractivity contribution in [3.8, 4) is 17.0 Å². The van der Waals surface area contributed by atoms with E-state index in [4.69, 9.17) is 27.9 Å². The third-order valence-corrected chi connectivity index (χ3v) is 6.46. The van der Waals surface area contributed by atoms with E-state index in [0.717, 1.165) is 28.7 Å². The first-order chi connectivity index (χ1) is 16.4. The van der Waals surface area contributed by atoms with Gasteiger partial charge in [0, 0.05) is 48.2 Å². The molecule has 1 fully saturated rings. The van der Waals surface area contributed by atoms with Crippen LogP contribution >= 0.6 is 23.2 Å². The minimum Gasteiger partial charge on any atom is -0.486 e. The van der Waals surface area contributed by atoms with Crippen LogP contribution in [-0.4, -0.2) is 57.7 Å². The van der Waals surface area contributed by atoms with Crippen LogP contribution in [0, 0.1) is 0 Å². The molecule has 5 rings (SSSR count). The van der Waals surface area contributed by atoms with Gasteiger partial charge in [0.2, 0.25) is 5.91 Å². The van der Waals surface area contributed by atoms with Gasteiger partial charge in [-0.15, -0.1) is 0 Å². The van der Waals surface area contributed by atoms with E-state index in [2.05, 4.69) is 20.2 Å². The Morgan fingerprint density at radius 1 is 1.09 bits per heavy atom. The summed E-state index contributed by atoms with van der Waals surface area (Å²) in [7, 11) is 1.94. The van der Waals surface area contributed by atoms with Crippen molar-refractivity contribution < 1.29 is 9.53 Å². The summed E-state index contributed by atoms with van der Waals surface area (Å²) >= 11 is 12.6. The average molecular weight is 497 g/mol. The Labute approximate surface area is 206 Å². The van der Waals surface area contributed by atoms with Crippen molar-refractivity contribution in [2.45, 2.75) is 13.0 Å². The molecule has 8 nitrogen and oxygen atoms in total. The number of nitrogens with zero attached hydrogens (tertiary/aromatic N) is 5. The second-order valence-corrected chi connectivity index (χ2v) is 9.06. The molecular formula is C24H22Cl2N6O2. The van der Waals surface area contributed by atoms with Gasteiger partial charge < -0.3 is 4.74 Å². The maximum Gasteiger partial charge on any atom is 0.242 e. The largest absolute Gasteiger partial charge is 0.486 e. The summed E-state index contributed by atoms with van der Waals surface area (Å²) in [5.74, 6) is 1.34. The van der Waals surface area contributed by atoms with Gasteiger partial charge in [0.25, 0.3) is 0 Å². The highest BCUT2D eigenvalue weighted by molar-refractivity contribution is 6.35. The Balaban J connectivity index is 1.41. The molecule has 0 aliphatic carbocycles. The van der Waals surface area contributed by atoms with Crippen LogP contribution in [-0.2, 0) is 4.79 Å². The van der Waals surface area contributed by atoms with Crippen molar-refractivity contribution in [1.29, 1.82) is 0 Å². The number of hydrogen-bond donors (Lipinski definition) is 1. The fourth-order valence-corrected chi connectivity index (χ4v) is 4.75. The zero-order chi connectivity index (χ0) is 23.8. The van der Waals surface area contributed by atoms with E-state index >= 15 is 0 Å². The number of benzene rings is 1. The van der Waals surface area contributed by atoms with Crippen LogP contribution in [0.25, 0.3) is 22.2 Å². The monoisotopic (exact) mass is 496 g/mol. The number of rotatable bonds is 5. The van der Waals surface area contributed by atoms with Gasteiger partial charge in [-0.1, -0.05) is 23.2 Å². The molecule has 1 aliphatic rings. The van der Waals surface area contributed by atoms with Gasteiger partial charge >= 0.3 is 0 Å². The number of ether oxygens (including phenoxy) is 1. The van der Waals surface area contributed by atoms with Gasteiger partial charge in [0.15, 0.2) is 0 Å². The molecule has 1 aromatic carbocycles. The quantitative estimate of drug-likeness (QED) is 0.429. The molecule has 1 N–H and O–H groups in total. The van der Waals surface area contributed by atoms with E-state index in [-0.39, 0.29) is 12.0 Å². The van der Waals surface area contributed by atoms with Crippen LogP contribution in [0.5, 0.6) is 5.75 Å². The third kappa shape index (κ3) is 4.32. The molecule has 174 valence electrons. The standard InChI is InChI=1S/C24H22Cl2N6O2/c1-14(23-18(25)11-27-12-19(23)26)34-16-4-5-20-17(9-16)24(30-29-20)15-3-6-21(28-10-15)32-8-7-31(2)13-22(32)33/h3-6,9-12,14H,7-8,13H2,1-2H3,(H,29,30)/t14-/m1/s1. The molecule has 0 bridgehead atoms. The fourth-order valence-electron chi connectivity index (χ4n) is 4.08. The van der Waals surface area contributed by atoms with Crippen LogP contribution in [0.4, 0.5) is 5.82 Å². The highest BCUT2D eigenvalue weighted by Gasteiger charge is 2.24. The van der Waals surface area contributed by atoms with Gasteiger partial charge in [-0.3, -0.25) is 24.7 Å². The van der Waals surface area contributed by atoms with Crippen molar-refractivity contribution >= 4 is 45.8 Å². The molecule has 34 heavy (non-hydrogen) atoms. The molecule has 4 heterocycles. The molecule has 0 radical (unpaired) electrons. The zero-order valence-corrected chi connectivity index (χ0v) is 20.1. The zero-order valence-electron chi connectivity index (χ0n) is 18.6. The van der Waals surface area contributed by atoms with Crippen molar-refractivity contribution in [2.75, 3.05) is 31.6 Å². The summed E-state index contributed by atoms with van der Waals surface area (Å²) in [5, 5.41) is 9.33. The number of aromatic nitrogens is 4. The summed E-state index contributed by atoms with van der Waals surface area (Å²) in [6.07, 6.45) is 4.46. The second-order valence-electron chi connectivity index (χ2n) is 8.24. The predicted octanol–water partition coefficient (Wildman–Crippen LogP) is 4.75. The maximum absolute atomic E-state index is 12.4. The number of pyridine rings is 2. The Bertz CT molecular complexity index is 1340. The first-order valence-corrected chi connectivity index (χ1v) is 11.6. The highest BCUT2D eigenvalue weighted by Crippen LogP contribution is 2.35. The minimum atomic E-state index is -0.377. The van der Waals surface area contributed by atoms with Gasteiger partial charge in [0.1, 0.15) is 23.4 Å². The van der Waals surface area contributed by atoms with Crippen LogP contribution in [0.1, 0.15) is 18.6 Å². The number of carbonyl (C=O) groups is 1. The number of anilines is 1. The molecule has 0 spiro atoms. The maximum atomic E-state index is 12.4. The molecular weight excluding hydrogens is 475 g/mol. The Morgan fingerprint density at radius 2 is 1.88 bits per heavy atom. The number of aromatic amines is 1. The number of likely N-dealkylation sites (N-methyl/N-ethyl adjacent to an activating group) is 1. The smallest absolute Gasteiger partial charge is 0.242 e. The van der Waals surface area contributed by atoms with Crippen molar-refractivity contribution in [3.05, 3.63) is 64.5 Å². The minimum absolute atomic E-state index is 0.0459. The van der Waals surface area contributed by atoms with E-state index in [0.29, 0.717) is 40.3 Å². The first kappa shape index (κ1) is 22.6. The van der Waals surface area contributed by atoms with Crippen LogP contribution < -0.4 is 9.64 Å². The lowest BCUT2D eigenvalue weighted by Crippen LogP contribution is -2.49. The molecule has 1 aliphatic heterocycles. The first-order valence-electron chi connectivity index (χ1n) is 10.8. The van der Waals surface area contributed by atoms with E-state index < -0.39 is 0 Å². The summed E-state index contributed by atoms with van der Waals surface area (Å²) in [4.78, 5) is 24.6. The van der Waals surface area contributed by atoms with Crippen LogP contribution in [0.2, 0.25) is 10.0 Å². The number of halogens is 2. The topological polar surface area (TPSA) is 87.2 Å². The number of H-pyrrole nitrogens is 1. The van der Waals surface area contributed by atoms with Gasteiger partial charge in [-0.05, 0) is 44.3 Å². The van der Waals surface area contributed by atoms with Crippen LogP contribution in [0.15, 0.2) is 48.9 Å². The molecule has 0 saturated carbocycles. The van der Waals surface area contributed by atoms with Gasteiger partial charge in [-0.25, -0.2) is 4.98 Å². The number of piperazine rings is 1. The number of carbonyl (C=O) groups excluding carboxylic acids is 1. The molecule has 1 amide bonds. The van der Waals surface area contributed by atoms with E-state index in [9.17, 15) is 4.79 Å². The average Bonchev–Trinajstić information content (AvgIpc) is 3.22. The van der Waals surface area contributed by atoms with Gasteiger partial charge in [-0.2, -0.15) is 5.10 Å². The normalized spacial score (nSPS) is 15.6. The molecule has 4 aromatic rings. The molecule has 0 unspecified atom stereocenters. The SMILES string of the molecule is C[C@@H](Oc1ccc2[nH]nc(-c3ccc(N4CCN(C)CC4=O)nc3)c2c1)c1c(Cl)cncc1Cl. The van der Waals surface area contributed by atoms with E-state index in [1.54, 1.807) is 23.5 Å². The predicted molar refractivity (Wildman–Crippen MR) is 132 cm³/mol. The number of amides is 1. The lowest BCUT2D eigenvalue weighted by Gasteiger charge is -2.31. The molecule has 10 heteroatoms. The van der Waals surface area contributed by atoms with E-state index in [1.807, 2.05) is 49.2 Å². The molecule has 1 atom stereocenters. The Morgan fingerprint density at radius 3 is 2.59 bits per heavy atom. The van der Waals surface area contributed by atoms with Crippen molar-refractivity contribution in [1.82, 2.24) is 25.1 Å². The van der Waals surface area contributed by atoms with Crippen molar-refractivity contribution in [3.63, 3.8) is 0 Å². The Kier molecular flexibility index (Phi) is 6.12. The number of fused-ring (bicyclic) bond motifs is 1. The molecule has 3 aromatic heterocycles. The summed E-state index contributed by atoms with van der Waals surface area (Å²) in [5.41, 5.74) is 3.14. The fraction of sp³-hybridized carbons (Fsp3) is 0.250. The van der Waals surface area contributed by atoms with Gasteiger partial charge in [0.05, 0.1) is 22.1 Å². The second kappa shape index (κ2) is 9.21. The van der Waals surface area contributed by atoms with Crippen molar-refractivity contribution in [2.24, 2.45) is 0 Å². The lowest BCUT2D eigenvalue weighted by molar-refractivity contribution is -0.120. The van der Waals surface area contributed by atoms with E-state index in [1.165, 1.54) is 0 Å². The number of nitrogens with one attached hydrogen (secondary N) is 1. The summed E-state index contributed by atoms with van der Waals surface area (Å²) < 4.78 is 6.15. The lowest BCUT2D eigenvalue weighted by atomic mass is 10.1. The summed E-state index contributed by atoms with van der Waals surface area (Å²) in [6, 6.07) is 9.48. The third-order valence-electron chi connectivity index (χ3n) is 5.85.